The minimum atomic E-state index is -0.288. The average molecular weight is 333 g/mol. The highest BCUT2D eigenvalue weighted by Crippen LogP contribution is 2.27. The van der Waals surface area contributed by atoms with Crippen molar-refractivity contribution in [2.24, 2.45) is 0 Å². The summed E-state index contributed by atoms with van der Waals surface area (Å²) in [5.74, 6) is 0.708. The van der Waals surface area contributed by atoms with Gasteiger partial charge in [0.2, 0.25) is 0 Å². The average Bonchev–Trinajstić information content (AvgIpc) is 3.03. The van der Waals surface area contributed by atoms with Gasteiger partial charge in [-0.15, -0.1) is 0 Å². The third kappa shape index (κ3) is 3.06. The Hall–Kier alpha value is -1.33. The van der Waals surface area contributed by atoms with Gasteiger partial charge in [-0.05, 0) is 43.4 Å². The summed E-state index contributed by atoms with van der Waals surface area (Å²) < 4.78 is 6.35. The number of hydrogen-bond donors (Lipinski definition) is 0. The highest BCUT2D eigenvalue weighted by atomic mass is 32.2. The monoisotopic (exact) mass is 333 g/mol. The zero-order chi connectivity index (χ0) is 15.7. The lowest BCUT2D eigenvalue weighted by Crippen LogP contribution is -2.23. The Labute approximate surface area is 139 Å². The van der Waals surface area contributed by atoms with E-state index in [1.54, 1.807) is 17.8 Å². The van der Waals surface area contributed by atoms with E-state index >= 15 is 0 Å². The molecule has 0 aliphatic carbocycles. The highest BCUT2D eigenvalue weighted by Gasteiger charge is 2.16. The zero-order valence-corrected chi connectivity index (χ0v) is 14.5. The summed E-state index contributed by atoms with van der Waals surface area (Å²) in [6, 6.07) is 5.71. The number of aryl methyl sites for hydroxylation is 2. The lowest BCUT2D eigenvalue weighted by atomic mass is 10.0. The van der Waals surface area contributed by atoms with Gasteiger partial charge >= 0.3 is 5.63 Å². The molecular formula is C17H19NO2S2. The quantitative estimate of drug-likeness (QED) is 0.612. The summed E-state index contributed by atoms with van der Waals surface area (Å²) in [5, 5.41) is 1.01. The molecule has 116 valence electrons. The molecule has 2 heterocycles. The maximum Gasteiger partial charge on any atom is 0.336 e. The van der Waals surface area contributed by atoms with E-state index in [9.17, 15) is 4.79 Å². The molecule has 1 aromatic heterocycles. The predicted molar refractivity (Wildman–Crippen MR) is 96.7 cm³/mol. The molecule has 0 spiro atoms. The maximum atomic E-state index is 11.8. The minimum Gasteiger partial charge on any atom is -0.422 e. The number of likely N-dealkylation sites (tertiary alicyclic amines) is 1. The van der Waals surface area contributed by atoms with Crippen LogP contribution in [0.2, 0.25) is 0 Å². The maximum absolute atomic E-state index is 11.8. The fraction of sp³-hybridized carbons (Fsp3) is 0.412. The van der Waals surface area contributed by atoms with Gasteiger partial charge in [-0.3, -0.25) is 0 Å². The first kappa shape index (κ1) is 15.6. The van der Waals surface area contributed by atoms with Crippen molar-refractivity contribution in [3.8, 4) is 0 Å². The Morgan fingerprint density at radius 2 is 2.05 bits per heavy atom. The van der Waals surface area contributed by atoms with Crippen LogP contribution in [-0.2, 0) is 5.75 Å². The van der Waals surface area contributed by atoms with Crippen molar-refractivity contribution in [3.63, 3.8) is 0 Å². The van der Waals surface area contributed by atoms with E-state index < -0.39 is 0 Å². The van der Waals surface area contributed by atoms with Crippen LogP contribution < -0.4 is 5.63 Å². The molecular weight excluding hydrogens is 314 g/mol. The van der Waals surface area contributed by atoms with E-state index in [0.717, 1.165) is 39.5 Å². The normalized spacial score (nSPS) is 14.7. The number of rotatable bonds is 2. The SMILES string of the molecule is Cc1ccc2c(CSC(=S)N3CCCC3)cc(=O)oc2c1C. The second-order valence-electron chi connectivity index (χ2n) is 5.72. The van der Waals surface area contributed by atoms with E-state index in [0.29, 0.717) is 11.3 Å². The number of nitrogens with zero attached hydrogens (tertiary/aromatic N) is 1. The largest absolute Gasteiger partial charge is 0.422 e. The number of thiocarbonyl (C=S) groups is 1. The second kappa shape index (κ2) is 6.42. The fourth-order valence-electron chi connectivity index (χ4n) is 2.77. The van der Waals surface area contributed by atoms with Crippen LogP contribution in [0.3, 0.4) is 0 Å². The molecule has 0 radical (unpaired) electrons. The van der Waals surface area contributed by atoms with Gasteiger partial charge in [-0.2, -0.15) is 0 Å². The van der Waals surface area contributed by atoms with Gasteiger partial charge in [0.25, 0.3) is 0 Å². The van der Waals surface area contributed by atoms with Crippen molar-refractivity contribution in [3.05, 3.63) is 45.3 Å². The van der Waals surface area contributed by atoms with E-state index in [1.807, 2.05) is 19.9 Å². The fourth-order valence-corrected chi connectivity index (χ4v) is 4.02. The number of thioether (sulfide) groups is 1. The molecule has 1 fully saturated rings. The van der Waals surface area contributed by atoms with Crippen LogP contribution in [0.15, 0.2) is 27.4 Å². The van der Waals surface area contributed by atoms with Gasteiger partial charge in [0.05, 0.1) is 0 Å². The molecule has 0 atom stereocenters. The van der Waals surface area contributed by atoms with Crippen molar-refractivity contribution in [2.75, 3.05) is 13.1 Å². The predicted octanol–water partition coefficient (Wildman–Crippen LogP) is 4.02. The molecule has 0 bridgehead atoms. The van der Waals surface area contributed by atoms with Crippen molar-refractivity contribution >= 4 is 39.3 Å². The van der Waals surface area contributed by atoms with Crippen LogP contribution in [0, 0.1) is 13.8 Å². The minimum absolute atomic E-state index is 0.288. The van der Waals surface area contributed by atoms with Gasteiger partial charge < -0.3 is 9.32 Å². The lowest BCUT2D eigenvalue weighted by molar-refractivity contribution is 0.539. The molecule has 22 heavy (non-hydrogen) atoms. The molecule has 3 nitrogen and oxygen atoms in total. The molecule has 1 aliphatic heterocycles. The standard InChI is InChI=1S/C17H19NO2S2/c1-11-5-6-14-13(9-15(19)20-16(14)12(11)2)10-22-17(21)18-7-3-4-8-18/h5-6,9H,3-4,7-8,10H2,1-2H3. The number of fused-ring (bicyclic) bond motifs is 1. The first-order valence-corrected chi connectivity index (χ1v) is 8.90. The first-order valence-electron chi connectivity index (χ1n) is 7.51. The molecule has 1 aromatic carbocycles. The Bertz CT molecular complexity index is 776. The van der Waals surface area contributed by atoms with Crippen LogP contribution in [0.5, 0.6) is 0 Å². The van der Waals surface area contributed by atoms with Gasteiger partial charge in [-0.1, -0.05) is 36.1 Å². The summed E-state index contributed by atoms with van der Waals surface area (Å²) in [5.41, 5.74) is 3.58. The van der Waals surface area contributed by atoms with E-state index in [2.05, 4.69) is 11.0 Å². The smallest absolute Gasteiger partial charge is 0.336 e. The van der Waals surface area contributed by atoms with Crippen molar-refractivity contribution in [1.29, 1.82) is 0 Å². The van der Waals surface area contributed by atoms with Gasteiger partial charge in [-0.25, -0.2) is 4.79 Å². The Morgan fingerprint density at radius 1 is 1.32 bits per heavy atom. The second-order valence-corrected chi connectivity index (χ2v) is 7.33. The van der Waals surface area contributed by atoms with Crippen LogP contribution in [-0.4, -0.2) is 22.3 Å². The Balaban J connectivity index is 1.88. The summed E-state index contributed by atoms with van der Waals surface area (Å²) in [6.07, 6.45) is 2.44. The highest BCUT2D eigenvalue weighted by molar-refractivity contribution is 8.22. The first-order chi connectivity index (χ1) is 10.6. The molecule has 2 aromatic rings. The summed E-state index contributed by atoms with van der Waals surface area (Å²) >= 11 is 7.14. The molecule has 1 aliphatic rings. The molecule has 0 saturated carbocycles. The van der Waals surface area contributed by atoms with Crippen molar-refractivity contribution in [1.82, 2.24) is 4.90 Å². The van der Waals surface area contributed by atoms with Gasteiger partial charge in [0, 0.05) is 30.3 Å². The molecule has 0 amide bonds. The van der Waals surface area contributed by atoms with Crippen LogP contribution in [0.25, 0.3) is 11.0 Å². The van der Waals surface area contributed by atoms with Crippen LogP contribution >= 0.6 is 24.0 Å². The lowest BCUT2D eigenvalue weighted by Gasteiger charge is -2.17. The summed E-state index contributed by atoms with van der Waals surface area (Å²) in [7, 11) is 0. The number of benzene rings is 1. The molecule has 0 N–H and O–H groups in total. The van der Waals surface area contributed by atoms with E-state index in [4.69, 9.17) is 16.6 Å². The Morgan fingerprint density at radius 3 is 2.77 bits per heavy atom. The van der Waals surface area contributed by atoms with E-state index in [-0.39, 0.29) is 5.63 Å². The van der Waals surface area contributed by atoms with Crippen molar-refractivity contribution in [2.45, 2.75) is 32.4 Å². The van der Waals surface area contributed by atoms with Crippen LogP contribution in [0.1, 0.15) is 29.5 Å². The van der Waals surface area contributed by atoms with Crippen LogP contribution in [0.4, 0.5) is 0 Å². The van der Waals surface area contributed by atoms with Crippen molar-refractivity contribution < 1.29 is 4.42 Å². The summed E-state index contributed by atoms with van der Waals surface area (Å²) in [4.78, 5) is 14.1. The Kier molecular flexibility index (Phi) is 4.54. The number of hydrogen-bond acceptors (Lipinski definition) is 4. The summed E-state index contributed by atoms with van der Waals surface area (Å²) in [6.45, 7) is 6.13. The topological polar surface area (TPSA) is 33.5 Å². The molecule has 5 heteroatoms. The van der Waals surface area contributed by atoms with E-state index in [1.165, 1.54) is 12.8 Å². The van der Waals surface area contributed by atoms with Gasteiger partial charge in [0.1, 0.15) is 9.90 Å². The van der Waals surface area contributed by atoms with Gasteiger partial charge in [0.15, 0.2) is 0 Å². The third-order valence-electron chi connectivity index (χ3n) is 4.23. The molecule has 1 saturated heterocycles. The molecule has 3 rings (SSSR count). The molecule has 0 unspecified atom stereocenters. The zero-order valence-electron chi connectivity index (χ0n) is 12.8. The third-order valence-corrected chi connectivity index (χ3v) is 5.81.